The molecule has 0 saturated heterocycles. The Bertz CT molecular complexity index is 902. The molecule has 1 aliphatic heterocycles. The molecule has 0 bridgehead atoms. The number of carbonyl (C=O) groups excluding carboxylic acids is 2. The first-order valence-corrected chi connectivity index (χ1v) is 8.47. The summed E-state index contributed by atoms with van der Waals surface area (Å²) < 4.78 is 10.9. The predicted octanol–water partition coefficient (Wildman–Crippen LogP) is 3.43. The number of nitrogens with one attached hydrogen (secondary N) is 2. The van der Waals surface area contributed by atoms with Gasteiger partial charge in [-0.15, -0.1) is 0 Å². The molecule has 0 spiro atoms. The van der Waals surface area contributed by atoms with E-state index in [0.29, 0.717) is 17.0 Å². The van der Waals surface area contributed by atoms with Crippen LogP contribution in [0.2, 0.25) is 0 Å². The minimum Gasteiger partial charge on any atom is -0.496 e. The monoisotopic (exact) mass is 354 g/mol. The van der Waals surface area contributed by atoms with Gasteiger partial charge in [0.05, 0.1) is 24.8 Å². The molecule has 2 aromatic carbocycles. The lowest BCUT2D eigenvalue weighted by Crippen LogP contribution is -2.45. The molecular weight excluding hydrogens is 332 g/mol. The summed E-state index contributed by atoms with van der Waals surface area (Å²) in [6.45, 7) is 5.27. The fourth-order valence-electron chi connectivity index (χ4n) is 3.21. The average molecular weight is 354 g/mol. The summed E-state index contributed by atoms with van der Waals surface area (Å²) in [5, 5.41) is 7.40. The molecule has 6 heteroatoms. The highest BCUT2D eigenvalue weighted by atomic mass is 16.5. The van der Waals surface area contributed by atoms with Crippen molar-refractivity contribution in [1.29, 1.82) is 0 Å². The third-order valence-electron chi connectivity index (χ3n) is 4.27. The van der Waals surface area contributed by atoms with Gasteiger partial charge in [-0.05, 0) is 37.6 Å². The maximum Gasteiger partial charge on any atom is 0.338 e. The molecule has 26 heavy (non-hydrogen) atoms. The Morgan fingerprint density at radius 2 is 1.88 bits per heavy atom. The van der Waals surface area contributed by atoms with E-state index in [1.54, 1.807) is 27.9 Å². The molecule has 0 unspecified atom stereocenters. The molecule has 6 nitrogen and oxygen atoms in total. The summed E-state index contributed by atoms with van der Waals surface area (Å²) in [5.41, 5.74) is 1.57. The molecule has 2 N–H and O–H groups in total. The number of esters is 1. The Balaban J connectivity index is 2.22. The van der Waals surface area contributed by atoms with Crippen molar-refractivity contribution in [3.05, 3.63) is 53.2 Å². The first-order valence-electron chi connectivity index (χ1n) is 8.47. The van der Waals surface area contributed by atoms with Crippen molar-refractivity contribution in [2.75, 3.05) is 7.11 Å². The summed E-state index contributed by atoms with van der Waals surface area (Å²) in [7, 11) is 1.57. The molecular formula is C20H22N2O4. The molecule has 0 aromatic heterocycles. The minimum atomic E-state index is -0.670. The van der Waals surface area contributed by atoms with Crippen molar-refractivity contribution in [1.82, 2.24) is 10.6 Å². The number of hydrogen-bond acceptors (Lipinski definition) is 4. The third-order valence-corrected chi connectivity index (χ3v) is 4.27. The first-order chi connectivity index (χ1) is 12.4. The number of amides is 2. The Hall–Kier alpha value is -3.02. The molecule has 1 atom stereocenters. The second kappa shape index (κ2) is 7.07. The number of rotatable bonds is 4. The fraction of sp³-hybridized carbons (Fsp3) is 0.300. The predicted molar refractivity (Wildman–Crippen MR) is 98.8 cm³/mol. The zero-order chi connectivity index (χ0) is 18.8. The first kappa shape index (κ1) is 17.8. The van der Waals surface area contributed by atoms with Crippen LogP contribution in [0.1, 0.15) is 32.4 Å². The summed E-state index contributed by atoms with van der Waals surface area (Å²) in [6, 6.07) is 10.5. The van der Waals surface area contributed by atoms with E-state index in [1.165, 1.54) is 0 Å². The Morgan fingerprint density at radius 3 is 2.58 bits per heavy atom. The van der Waals surface area contributed by atoms with Crippen molar-refractivity contribution in [3.8, 4) is 5.75 Å². The lowest BCUT2D eigenvalue weighted by atomic mass is 9.90. The van der Waals surface area contributed by atoms with Gasteiger partial charge < -0.3 is 20.1 Å². The van der Waals surface area contributed by atoms with Gasteiger partial charge in [-0.3, -0.25) is 0 Å². The van der Waals surface area contributed by atoms with E-state index < -0.39 is 12.0 Å². The van der Waals surface area contributed by atoms with Crippen LogP contribution in [-0.4, -0.2) is 25.2 Å². The molecule has 0 fully saturated rings. The van der Waals surface area contributed by atoms with Crippen LogP contribution in [0.15, 0.2) is 47.7 Å². The van der Waals surface area contributed by atoms with Crippen LogP contribution >= 0.6 is 0 Å². The Labute approximate surface area is 152 Å². The van der Waals surface area contributed by atoms with Gasteiger partial charge in [-0.1, -0.05) is 30.3 Å². The van der Waals surface area contributed by atoms with Gasteiger partial charge in [0, 0.05) is 11.3 Å². The molecule has 3 rings (SSSR count). The fourth-order valence-corrected chi connectivity index (χ4v) is 3.21. The van der Waals surface area contributed by atoms with Crippen LogP contribution in [0.25, 0.3) is 10.8 Å². The molecule has 0 radical (unpaired) electrons. The number of allylic oxidation sites excluding steroid dienone is 1. The SMILES string of the molecule is COc1ccc2ccccc2c1[C@@H]1NC(=O)NC(C)=C1C(=O)OC(C)C. The molecule has 0 aliphatic carbocycles. The zero-order valence-electron chi connectivity index (χ0n) is 15.3. The van der Waals surface area contributed by atoms with Crippen LogP contribution in [0.4, 0.5) is 4.79 Å². The molecule has 1 heterocycles. The van der Waals surface area contributed by atoms with Crippen molar-refractivity contribution >= 4 is 22.8 Å². The number of fused-ring (bicyclic) bond motifs is 1. The van der Waals surface area contributed by atoms with Gasteiger partial charge in [-0.2, -0.15) is 0 Å². The largest absolute Gasteiger partial charge is 0.496 e. The molecule has 136 valence electrons. The van der Waals surface area contributed by atoms with Gasteiger partial charge in [0.15, 0.2) is 0 Å². The maximum atomic E-state index is 12.7. The number of hydrogen-bond donors (Lipinski definition) is 2. The Kier molecular flexibility index (Phi) is 4.84. The maximum absolute atomic E-state index is 12.7. The van der Waals surface area contributed by atoms with E-state index in [2.05, 4.69) is 10.6 Å². The van der Waals surface area contributed by atoms with Gasteiger partial charge >= 0.3 is 12.0 Å². The highest BCUT2D eigenvalue weighted by molar-refractivity contribution is 5.98. The van der Waals surface area contributed by atoms with Crippen molar-refractivity contribution in [2.24, 2.45) is 0 Å². The van der Waals surface area contributed by atoms with E-state index in [0.717, 1.165) is 16.3 Å². The highest BCUT2D eigenvalue weighted by Gasteiger charge is 2.35. The third kappa shape index (κ3) is 3.22. The smallest absolute Gasteiger partial charge is 0.338 e. The number of ether oxygens (including phenoxy) is 2. The van der Waals surface area contributed by atoms with Crippen molar-refractivity contribution in [3.63, 3.8) is 0 Å². The van der Waals surface area contributed by atoms with Crippen LogP contribution in [0.5, 0.6) is 5.75 Å². The van der Waals surface area contributed by atoms with Gasteiger partial charge in [0.2, 0.25) is 0 Å². The van der Waals surface area contributed by atoms with Gasteiger partial charge in [-0.25, -0.2) is 9.59 Å². The quantitative estimate of drug-likeness (QED) is 0.825. The highest BCUT2D eigenvalue weighted by Crippen LogP contribution is 2.38. The van der Waals surface area contributed by atoms with E-state index in [9.17, 15) is 9.59 Å². The lowest BCUT2D eigenvalue weighted by molar-refractivity contribution is -0.143. The minimum absolute atomic E-state index is 0.268. The second-order valence-electron chi connectivity index (χ2n) is 6.43. The molecule has 0 saturated carbocycles. The number of benzene rings is 2. The average Bonchev–Trinajstić information content (AvgIpc) is 2.59. The van der Waals surface area contributed by atoms with E-state index in [1.807, 2.05) is 36.4 Å². The molecule has 2 amide bonds. The second-order valence-corrected chi connectivity index (χ2v) is 6.43. The lowest BCUT2D eigenvalue weighted by Gasteiger charge is -2.30. The summed E-state index contributed by atoms with van der Waals surface area (Å²) in [6.07, 6.45) is -0.268. The standard InChI is InChI=1S/C20H22N2O4/c1-11(2)26-19(23)16-12(3)21-20(24)22-18(16)17-14-8-6-5-7-13(14)9-10-15(17)25-4/h5-11,18H,1-4H3,(H2,21,22,24)/t18-/m1/s1. The normalized spacial score (nSPS) is 17.1. The van der Waals surface area contributed by atoms with Crippen molar-refractivity contribution < 1.29 is 19.1 Å². The van der Waals surface area contributed by atoms with Crippen LogP contribution in [-0.2, 0) is 9.53 Å². The van der Waals surface area contributed by atoms with Crippen LogP contribution in [0, 0.1) is 0 Å². The summed E-state index contributed by atoms with van der Waals surface area (Å²) in [4.78, 5) is 24.9. The van der Waals surface area contributed by atoms with Crippen molar-refractivity contribution in [2.45, 2.75) is 32.9 Å². The Morgan fingerprint density at radius 1 is 1.15 bits per heavy atom. The van der Waals surface area contributed by atoms with Crippen LogP contribution in [0.3, 0.4) is 0 Å². The van der Waals surface area contributed by atoms with Crippen LogP contribution < -0.4 is 15.4 Å². The zero-order valence-corrected chi connectivity index (χ0v) is 15.3. The molecule has 1 aliphatic rings. The van der Waals surface area contributed by atoms with E-state index in [4.69, 9.17) is 9.47 Å². The number of urea groups is 1. The number of methoxy groups -OCH3 is 1. The van der Waals surface area contributed by atoms with Gasteiger partial charge in [0.1, 0.15) is 5.75 Å². The van der Waals surface area contributed by atoms with E-state index in [-0.39, 0.29) is 12.1 Å². The van der Waals surface area contributed by atoms with E-state index >= 15 is 0 Å². The summed E-state index contributed by atoms with van der Waals surface area (Å²) >= 11 is 0. The van der Waals surface area contributed by atoms with Gasteiger partial charge in [0.25, 0.3) is 0 Å². The topological polar surface area (TPSA) is 76.7 Å². The molecule has 2 aromatic rings. The number of carbonyl (C=O) groups is 2. The summed E-state index contributed by atoms with van der Waals surface area (Å²) in [5.74, 6) is 0.128.